The molecule has 0 bridgehead atoms. The van der Waals surface area contributed by atoms with Crippen LogP contribution in [0.1, 0.15) is 0 Å². The van der Waals surface area contributed by atoms with E-state index in [0.717, 1.165) is 83.6 Å². The third-order valence-corrected chi connectivity index (χ3v) is 14.6. The van der Waals surface area contributed by atoms with Gasteiger partial charge in [-0.2, -0.15) is 0 Å². The molecule has 314 valence electrons. The maximum Gasteiger partial charge on any atom is 0.159 e. The summed E-state index contributed by atoms with van der Waals surface area (Å²) in [6.45, 7) is 0. The Hall–Kier alpha value is -8.64. The van der Waals surface area contributed by atoms with Gasteiger partial charge in [0.1, 0.15) is 11.2 Å². The molecule has 0 atom stereocenters. The molecule has 0 radical (unpaired) electrons. The summed E-state index contributed by atoms with van der Waals surface area (Å²) in [5.41, 5.74) is 12.1. The number of nitrogens with zero attached hydrogens (tertiary/aromatic N) is 2. The van der Waals surface area contributed by atoms with Crippen LogP contribution in [0.3, 0.4) is 0 Å². The van der Waals surface area contributed by atoms with Crippen LogP contribution < -0.4 is 9.80 Å². The second-order valence-corrected chi connectivity index (χ2v) is 18.2. The Labute approximate surface area is 389 Å². The minimum Gasteiger partial charge on any atom is -0.454 e. The second kappa shape index (κ2) is 15.0. The predicted molar refractivity (Wildman–Crippen MR) is 284 cm³/mol. The number of rotatable bonds is 7. The molecule has 14 rings (SSSR count). The molecule has 11 aromatic carbocycles. The van der Waals surface area contributed by atoms with E-state index in [-0.39, 0.29) is 0 Å². The monoisotopic (exact) mass is 874 g/mol. The highest BCUT2D eigenvalue weighted by molar-refractivity contribution is 7.27. The summed E-state index contributed by atoms with van der Waals surface area (Å²) < 4.78 is 15.7. The minimum absolute atomic E-state index is 0.871. The first-order valence-corrected chi connectivity index (χ1v) is 23.5. The second-order valence-electron chi connectivity index (χ2n) is 17.2. The van der Waals surface area contributed by atoms with Gasteiger partial charge in [0.05, 0.1) is 11.4 Å². The molecule has 0 aliphatic rings. The number of benzene rings is 11. The summed E-state index contributed by atoms with van der Waals surface area (Å²) in [7, 11) is 0. The summed E-state index contributed by atoms with van der Waals surface area (Å²) in [6.07, 6.45) is 0. The summed E-state index contributed by atoms with van der Waals surface area (Å²) in [4.78, 5) is 4.63. The standard InChI is InChI=1S/C62H38N2O2S/c1-3-15-41(16-4-1)63(54-25-13-23-49-46-20-9-11-27-56(46)65-60(49)54)43-32-29-39(30-33-43)40-31-35-51-53(37-40)45-19-7-8-22-48(45)59-52-36-34-44(38-58(52)67-62(51)59)64(42-17-5-2-6-18-42)55-26-14-24-50-47-21-10-12-28-57(47)66-61(50)55/h1-38H. The molecule has 4 nitrogen and oxygen atoms in total. The molecule has 0 amide bonds. The summed E-state index contributed by atoms with van der Waals surface area (Å²) >= 11 is 1.88. The van der Waals surface area contributed by atoms with Crippen molar-refractivity contribution in [3.63, 3.8) is 0 Å². The van der Waals surface area contributed by atoms with E-state index in [0.29, 0.717) is 0 Å². The molecule has 3 aromatic heterocycles. The normalized spacial score (nSPS) is 11.9. The van der Waals surface area contributed by atoms with Gasteiger partial charge in [-0.3, -0.25) is 0 Å². The Morgan fingerprint density at radius 3 is 1.40 bits per heavy atom. The van der Waals surface area contributed by atoms with Gasteiger partial charge < -0.3 is 18.6 Å². The Morgan fingerprint density at radius 2 is 0.776 bits per heavy atom. The number of hydrogen-bond donors (Lipinski definition) is 0. The van der Waals surface area contributed by atoms with E-state index in [4.69, 9.17) is 8.83 Å². The molecule has 14 aromatic rings. The van der Waals surface area contributed by atoms with Gasteiger partial charge in [-0.05, 0) is 106 Å². The van der Waals surface area contributed by atoms with Crippen molar-refractivity contribution in [1.29, 1.82) is 0 Å². The maximum absolute atomic E-state index is 6.61. The predicted octanol–water partition coefficient (Wildman–Crippen LogP) is 18.8. The number of hydrogen-bond acceptors (Lipinski definition) is 5. The van der Waals surface area contributed by atoms with Gasteiger partial charge >= 0.3 is 0 Å². The van der Waals surface area contributed by atoms with E-state index in [9.17, 15) is 0 Å². The van der Waals surface area contributed by atoms with Crippen molar-refractivity contribution >= 4 is 131 Å². The Bertz CT molecular complexity index is 4230. The van der Waals surface area contributed by atoms with Gasteiger partial charge in [0.25, 0.3) is 0 Å². The number of fused-ring (bicyclic) bond motifs is 14. The number of furan rings is 2. The maximum atomic E-state index is 6.61. The SMILES string of the molecule is c1ccc(N(c2ccc(-c3ccc4c(c3)c3ccccc3c3c5ccc(N(c6ccccc6)c6cccc7c6oc6ccccc67)cc5sc43)cc2)c2cccc3c2oc2ccccc23)cc1. The molecule has 0 aliphatic heterocycles. The zero-order chi connectivity index (χ0) is 44.0. The van der Waals surface area contributed by atoms with Gasteiger partial charge in [-0.1, -0.05) is 152 Å². The van der Waals surface area contributed by atoms with Crippen molar-refractivity contribution in [1.82, 2.24) is 0 Å². The van der Waals surface area contributed by atoms with Crippen LogP contribution in [0.25, 0.3) is 96.7 Å². The number of anilines is 6. The summed E-state index contributed by atoms with van der Waals surface area (Å²) in [5.74, 6) is 0. The molecule has 0 aliphatic carbocycles. The lowest BCUT2D eigenvalue weighted by Crippen LogP contribution is -2.10. The van der Waals surface area contributed by atoms with E-state index in [1.165, 1.54) is 47.3 Å². The van der Waals surface area contributed by atoms with Crippen LogP contribution in [0.2, 0.25) is 0 Å². The molecule has 0 saturated heterocycles. The number of para-hydroxylation sites is 6. The average molecular weight is 875 g/mol. The molecule has 0 fully saturated rings. The zero-order valence-corrected chi connectivity index (χ0v) is 36.9. The Balaban J connectivity index is 0.891. The van der Waals surface area contributed by atoms with Crippen LogP contribution >= 0.6 is 11.3 Å². The molecule has 3 heterocycles. The van der Waals surface area contributed by atoms with E-state index < -0.39 is 0 Å². The molecular formula is C62H38N2O2S. The number of thiophene rings is 1. The van der Waals surface area contributed by atoms with Crippen LogP contribution in [0.5, 0.6) is 0 Å². The first-order chi connectivity index (χ1) is 33.2. The van der Waals surface area contributed by atoms with Gasteiger partial charge in [0.2, 0.25) is 0 Å². The first kappa shape index (κ1) is 37.7. The molecule has 0 N–H and O–H groups in total. The van der Waals surface area contributed by atoms with E-state index in [1.54, 1.807) is 0 Å². The fourth-order valence-electron chi connectivity index (χ4n) is 10.4. The van der Waals surface area contributed by atoms with E-state index in [2.05, 4.69) is 222 Å². The summed E-state index contributed by atoms with van der Waals surface area (Å²) in [6, 6.07) is 82.4. The third-order valence-electron chi connectivity index (χ3n) is 13.4. The van der Waals surface area contributed by atoms with Gasteiger partial charge in [0, 0.05) is 69.9 Å². The topological polar surface area (TPSA) is 32.8 Å². The van der Waals surface area contributed by atoms with Crippen molar-refractivity contribution in [2.24, 2.45) is 0 Å². The molecule has 5 heteroatoms. The lowest BCUT2D eigenvalue weighted by molar-refractivity contribution is 0.668. The van der Waals surface area contributed by atoms with Crippen molar-refractivity contribution in [3.05, 3.63) is 231 Å². The first-order valence-electron chi connectivity index (χ1n) is 22.7. The molecule has 0 saturated carbocycles. The van der Waals surface area contributed by atoms with Crippen LogP contribution in [0, 0.1) is 0 Å². The molecule has 0 unspecified atom stereocenters. The van der Waals surface area contributed by atoms with Crippen LogP contribution in [0.15, 0.2) is 239 Å². The molecular weight excluding hydrogens is 837 g/mol. The van der Waals surface area contributed by atoms with Gasteiger partial charge in [0.15, 0.2) is 11.2 Å². The minimum atomic E-state index is 0.871. The van der Waals surface area contributed by atoms with Crippen molar-refractivity contribution in [3.8, 4) is 11.1 Å². The highest BCUT2D eigenvalue weighted by Gasteiger charge is 2.23. The Kier molecular flexibility index (Phi) is 8.42. The quantitative estimate of drug-likeness (QED) is 0.149. The lowest BCUT2D eigenvalue weighted by atomic mass is 9.94. The van der Waals surface area contributed by atoms with E-state index >= 15 is 0 Å². The van der Waals surface area contributed by atoms with Crippen molar-refractivity contribution in [2.75, 3.05) is 9.80 Å². The summed E-state index contributed by atoms with van der Waals surface area (Å²) in [5, 5.41) is 12.0. The Morgan fingerprint density at radius 1 is 0.299 bits per heavy atom. The van der Waals surface area contributed by atoms with Crippen molar-refractivity contribution in [2.45, 2.75) is 0 Å². The third kappa shape index (κ3) is 5.92. The fraction of sp³-hybridized carbons (Fsp3) is 0. The van der Waals surface area contributed by atoms with Crippen LogP contribution in [-0.4, -0.2) is 0 Å². The van der Waals surface area contributed by atoms with Crippen LogP contribution in [-0.2, 0) is 0 Å². The largest absolute Gasteiger partial charge is 0.454 e. The lowest BCUT2D eigenvalue weighted by Gasteiger charge is -2.25. The van der Waals surface area contributed by atoms with E-state index in [1.807, 2.05) is 29.5 Å². The highest BCUT2D eigenvalue weighted by Crippen LogP contribution is 2.49. The molecule has 0 spiro atoms. The molecule has 67 heavy (non-hydrogen) atoms. The van der Waals surface area contributed by atoms with Gasteiger partial charge in [-0.25, -0.2) is 0 Å². The zero-order valence-electron chi connectivity index (χ0n) is 36.1. The van der Waals surface area contributed by atoms with Gasteiger partial charge in [-0.15, -0.1) is 11.3 Å². The van der Waals surface area contributed by atoms with Crippen molar-refractivity contribution < 1.29 is 8.83 Å². The highest BCUT2D eigenvalue weighted by atomic mass is 32.1. The fourth-order valence-corrected chi connectivity index (χ4v) is 11.7. The van der Waals surface area contributed by atoms with Crippen LogP contribution in [0.4, 0.5) is 34.1 Å². The smallest absolute Gasteiger partial charge is 0.159 e. The average Bonchev–Trinajstić information content (AvgIpc) is 4.10.